The highest BCUT2D eigenvalue weighted by atomic mass is 19.1. The quantitative estimate of drug-likeness (QED) is 0.354. The Morgan fingerprint density at radius 3 is 2.58 bits per heavy atom. The van der Waals surface area contributed by atoms with Crippen LogP contribution in [-0.2, 0) is 14.3 Å². The number of nitrogens with two attached hydrogens (primary N) is 2. The molecule has 0 saturated heterocycles. The topological polar surface area (TPSA) is 122 Å². The van der Waals surface area contributed by atoms with Crippen LogP contribution in [0.1, 0.15) is 13.3 Å². The van der Waals surface area contributed by atoms with Crippen molar-refractivity contribution in [1.29, 1.82) is 5.41 Å². The Balaban J connectivity index is 2.02. The molecular weight excluding hydrogens is 403 g/mol. The maximum absolute atomic E-state index is 14.6. The molecule has 0 atom stereocenters. The first-order valence-corrected chi connectivity index (χ1v) is 9.70. The molecule has 1 amide bonds. The van der Waals surface area contributed by atoms with E-state index in [1.54, 1.807) is 37.3 Å². The second-order valence-corrected chi connectivity index (χ2v) is 6.82. The Hall–Kier alpha value is -3.72. The first kappa shape index (κ1) is 22.0. The lowest BCUT2D eigenvalue weighted by atomic mass is 9.98. The van der Waals surface area contributed by atoms with Gasteiger partial charge in [-0.2, -0.15) is 0 Å². The number of ether oxygens (including phenoxy) is 2. The first-order chi connectivity index (χ1) is 14.8. The summed E-state index contributed by atoms with van der Waals surface area (Å²) in [7, 11) is 1.43. The number of hydrogen-bond donors (Lipinski definition) is 3. The smallest absolute Gasteiger partial charge is 0.356 e. The van der Waals surface area contributed by atoms with Gasteiger partial charge in [0.15, 0.2) is 11.5 Å². The van der Waals surface area contributed by atoms with Crippen molar-refractivity contribution in [3.63, 3.8) is 0 Å². The molecule has 0 radical (unpaired) electrons. The number of nitrogens with one attached hydrogen (secondary N) is 1. The number of benzene rings is 2. The monoisotopic (exact) mass is 427 g/mol. The van der Waals surface area contributed by atoms with Gasteiger partial charge in [0, 0.05) is 30.1 Å². The van der Waals surface area contributed by atoms with E-state index >= 15 is 0 Å². The van der Waals surface area contributed by atoms with Gasteiger partial charge >= 0.3 is 11.9 Å². The summed E-state index contributed by atoms with van der Waals surface area (Å²) >= 11 is 0. The predicted octanol–water partition coefficient (Wildman–Crippen LogP) is 1.89. The number of nitrogen functional groups attached to an aromatic ring is 1. The van der Waals surface area contributed by atoms with Gasteiger partial charge in [0.25, 0.3) is 0 Å². The van der Waals surface area contributed by atoms with Crippen molar-refractivity contribution in [2.45, 2.75) is 13.3 Å². The molecule has 1 aliphatic rings. The van der Waals surface area contributed by atoms with Gasteiger partial charge < -0.3 is 20.1 Å². The highest BCUT2D eigenvalue weighted by Crippen LogP contribution is 2.25. The molecule has 0 aromatic heterocycles. The molecule has 0 saturated carbocycles. The zero-order chi connectivity index (χ0) is 22.5. The third-order valence-corrected chi connectivity index (χ3v) is 4.88. The van der Waals surface area contributed by atoms with E-state index in [2.05, 4.69) is 0 Å². The van der Waals surface area contributed by atoms with Crippen LogP contribution in [0.25, 0.3) is 0 Å². The van der Waals surface area contributed by atoms with Crippen molar-refractivity contribution in [3.8, 4) is 5.75 Å². The van der Waals surface area contributed by atoms with Crippen LogP contribution in [0, 0.1) is 11.2 Å². The Kier molecular flexibility index (Phi) is 6.66. The van der Waals surface area contributed by atoms with E-state index in [-0.39, 0.29) is 36.5 Å². The van der Waals surface area contributed by atoms with Crippen LogP contribution >= 0.6 is 0 Å². The number of esters is 1. The molecular formula is C22H24FN4O4+. The third-order valence-electron chi connectivity index (χ3n) is 4.88. The highest BCUT2D eigenvalue weighted by Gasteiger charge is 2.36. The number of rotatable bonds is 7. The van der Waals surface area contributed by atoms with Crippen LogP contribution in [0.3, 0.4) is 0 Å². The number of methoxy groups -OCH3 is 1. The average molecular weight is 427 g/mol. The number of hydrogen-bond acceptors (Lipinski definition) is 6. The van der Waals surface area contributed by atoms with E-state index in [0.29, 0.717) is 17.1 Å². The van der Waals surface area contributed by atoms with E-state index in [0.717, 1.165) is 0 Å². The highest BCUT2D eigenvalue weighted by molar-refractivity contribution is 6.43. The summed E-state index contributed by atoms with van der Waals surface area (Å²) < 4.78 is 24.5. The van der Waals surface area contributed by atoms with Gasteiger partial charge in [0.1, 0.15) is 11.5 Å². The first-order valence-electron chi connectivity index (χ1n) is 9.70. The van der Waals surface area contributed by atoms with Crippen LogP contribution in [0.4, 0.5) is 21.5 Å². The molecule has 1 heterocycles. The van der Waals surface area contributed by atoms with Gasteiger partial charge in [-0.25, -0.2) is 9.18 Å². The van der Waals surface area contributed by atoms with Gasteiger partial charge in [0.05, 0.1) is 19.3 Å². The molecule has 2 aromatic carbocycles. The van der Waals surface area contributed by atoms with Gasteiger partial charge in [-0.1, -0.05) is 0 Å². The normalized spacial score (nSPS) is 13.9. The minimum Gasteiger partial charge on any atom is -0.497 e. The summed E-state index contributed by atoms with van der Waals surface area (Å²) in [5, 5.41) is 9.59. The zero-order valence-electron chi connectivity index (χ0n) is 17.3. The van der Waals surface area contributed by atoms with Crippen LogP contribution in [-0.4, -0.2) is 37.8 Å². The van der Waals surface area contributed by atoms with E-state index < -0.39 is 23.4 Å². The van der Waals surface area contributed by atoms with E-state index in [4.69, 9.17) is 20.6 Å². The number of anilines is 2. The van der Waals surface area contributed by atoms with Gasteiger partial charge in [-0.3, -0.25) is 15.5 Å². The molecule has 1 aliphatic heterocycles. The van der Waals surface area contributed by atoms with Crippen molar-refractivity contribution in [1.82, 2.24) is 0 Å². The maximum Gasteiger partial charge on any atom is 0.356 e. The van der Waals surface area contributed by atoms with Crippen molar-refractivity contribution in [3.05, 3.63) is 59.6 Å². The molecule has 162 valence electrons. The van der Waals surface area contributed by atoms with Gasteiger partial charge in [0.2, 0.25) is 5.70 Å². The Morgan fingerprint density at radius 1 is 1.26 bits per heavy atom. The van der Waals surface area contributed by atoms with Crippen LogP contribution in [0.15, 0.2) is 53.7 Å². The summed E-state index contributed by atoms with van der Waals surface area (Å²) in [5.41, 5.74) is 6.90. The number of nitrogens with zero attached hydrogens (tertiary/aromatic N) is 1. The number of quaternary nitrogens is 1. The Bertz CT molecular complexity index is 1050. The SMILES string of the molecule is CCOC(=O)C(=N)C1=C([NH2+]c2ccc(OC)cc2F)C(=O)N(c2ccc(N)cc2)CC1. The minimum absolute atomic E-state index is 0.0604. The van der Waals surface area contributed by atoms with Gasteiger partial charge in [-0.15, -0.1) is 0 Å². The fourth-order valence-corrected chi connectivity index (χ4v) is 3.28. The average Bonchev–Trinajstić information content (AvgIpc) is 2.76. The molecule has 0 fully saturated rings. The Morgan fingerprint density at radius 2 is 1.97 bits per heavy atom. The largest absolute Gasteiger partial charge is 0.497 e. The summed E-state index contributed by atoms with van der Waals surface area (Å²) in [6.07, 6.45) is 0.234. The van der Waals surface area contributed by atoms with Crippen molar-refractivity contribution in [2.75, 3.05) is 30.9 Å². The molecule has 0 spiro atoms. The molecule has 8 nitrogen and oxygen atoms in total. The number of halogens is 1. The minimum atomic E-state index is -0.827. The van der Waals surface area contributed by atoms with E-state index in [1.165, 1.54) is 29.5 Å². The zero-order valence-corrected chi connectivity index (χ0v) is 17.3. The summed E-state index contributed by atoms with van der Waals surface area (Å²) in [6, 6.07) is 11.0. The summed E-state index contributed by atoms with van der Waals surface area (Å²) in [5.74, 6) is -1.53. The van der Waals surface area contributed by atoms with Crippen molar-refractivity contribution < 1.29 is 28.8 Å². The third kappa shape index (κ3) is 4.72. The van der Waals surface area contributed by atoms with Crippen molar-refractivity contribution in [2.24, 2.45) is 0 Å². The molecule has 5 N–H and O–H groups in total. The molecule has 9 heteroatoms. The molecule has 31 heavy (non-hydrogen) atoms. The van der Waals surface area contributed by atoms with E-state index in [9.17, 15) is 14.0 Å². The lowest BCUT2D eigenvalue weighted by Crippen LogP contribution is -2.80. The summed E-state index contributed by atoms with van der Waals surface area (Å²) in [4.78, 5) is 27.0. The Labute approximate surface area is 178 Å². The van der Waals surface area contributed by atoms with E-state index in [1.807, 2.05) is 0 Å². The molecule has 0 bridgehead atoms. The van der Waals surface area contributed by atoms with Gasteiger partial charge in [-0.05, 0) is 43.7 Å². The second kappa shape index (κ2) is 9.40. The summed E-state index contributed by atoms with van der Waals surface area (Å²) in [6.45, 7) is 1.99. The lowest BCUT2D eigenvalue weighted by molar-refractivity contribution is -0.514. The number of carbonyl (C=O) groups excluding carboxylic acids is 2. The second-order valence-electron chi connectivity index (χ2n) is 6.82. The maximum atomic E-state index is 14.6. The standard InChI is InChI=1S/C22H23FN4O4/c1-3-31-22(29)19(25)16-10-11-27(14-6-4-13(24)5-7-14)21(28)20(16)26-18-9-8-15(30-2)12-17(18)23/h4-9,12,25-26H,3,10-11,24H2,1-2H3/p+1. The fraction of sp³-hybridized carbons (Fsp3) is 0.227. The lowest BCUT2D eigenvalue weighted by Gasteiger charge is -2.28. The van der Waals surface area contributed by atoms with Crippen LogP contribution in [0.5, 0.6) is 5.75 Å². The predicted molar refractivity (Wildman–Crippen MR) is 114 cm³/mol. The van der Waals surface area contributed by atoms with Crippen LogP contribution in [0.2, 0.25) is 0 Å². The molecule has 2 aromatic rings. The molecule has 3 rings (SSSR count). The van der Waals surface area contributed by atoms with Crippen LogP contribution < -0.4 is 20.7 Å². The number of amides is 1. The molecule has 0 aliphatic carbocycles. The molecule has 0 unspecified atom stereocenters. The fourth-order valence-electron chi connectivity index (χ4n) is 3.28. The number of carbonyl (C=O) groups is 2. The van der Waals surface area contributed by atoms with Crippen molar-refractivity contribution >= 4 is 34.7 Å².